The number of imidazole rings is 1. The molecule has 0 unspecified atom stereocenters. The summed E-state index contributed by atoms with van der Waals surface area (Å²) in [7, 11) is -3.65. The molecule has 36 heavy (non-hydrogen) atoms. The lowest BCUT2D eigenvalue weighted by Crippen LogP contribution is -2.29. The average Bonchev–Trinajstić information content (AvgIpc) is 3.27. The van der Waals surface area contributed by atoms with Crippen molar-refractivity contribution in [2.45, 2.75) is 20.0 Å². The maximum absolute atomic E-state index is 12.8. The van der Waals surface area contributed by atoms with Crippen LogP contribution in [-0.2, 0) is 23.1 Å². The Morgan fingerprint density at radius 2 is 1.67 bits per heavy atom. The highest BCUT2D eigenvalue weighted by Gasteiger charge is 2.21. The predicted octanol–water partition coefficient (Wildman–Crippen LogP) is 5.38. The van der Waals surface area contributed by atoms with E-state index in [1.165, 1.54) is 4.31 Å². The number of anilines is 1. The van der Waals surface area contributed by atoms with Gasteiger partial charge in [-0.3, -0.25) is 9.10 Å². The van der Waals surface area contributed by atoms with Crippen molar-refractivity contribution in [3.05, 3.63) is 112 Å². The number of nitrogens with one attached hydrogen (secondary N) is 1. The Labute approximate surface area is 220 Å². The zero-order valence-corrected chi connectivity index (χ0v) is 22.0. The van der Waals surface area contributed by atoms with Gasteiger partial charge in [-0.1, -0.05) is 47.5 Å². The minimum Gasteiger partial charge on any atom is -0.348 e. The van der Waals surface area contributed by atoms with Crippen molar-refractivity contribution in [1.29, 1.82) is 0 Å². The maximum atomic E-state index is 12.8. The number of sulfonamides is 1. The average molecular weight is 543 g/mol. The van der Waals surface area contributed by atoms with E-state index in [1.807, 2.05) is 42.0 Å². The Morgan fingerprint density at radius 1 is 1.00 bits per heavy atom. The predicted molar refractivity (Wildman–Crippen MR) is 143 cm³/mol. The second-order valence-electron chi connectivity index (χ2n) is 8.17. The van der Waals surface area contributed by atoms with Gasteiger partial charge in [0.2, 0.25) is 10.0 Å². The molecule has 3 aromatic carbocycles. The molecular weight excluding hydrogens is 519 g/mol. The zero-order valence-electron chi connectivity index (χ0n) is 19.7. The van der Waals surface area contributed by atoms with Gasteiger partial charge >= 0.3 is 0 Å². The molecule has 0 radical (unpaired) electrons. The monoisotopic (exact) mass is 542 g/mol. The van der Waals surface area contributed by atoms with E-state index >= 15 is 0 Å². The van der Waals surface area contributed by atoms with Crippen LogP contribution < -0.4 is 9.62 Å². The first-order valence-corrected chi connectivity index (χ1v) is 13.6. The molecular formula is C26H24Cl2N4O3S. The summed E-state index contributed by atoms with van der Waals surface area (Å²) in [4.78, 5) is 17.1. The fourth-order valence-corrected chi connectivity index (χ4v) is 5.20. The minimum atomic E-state index is -3.65. The fourth-order valence-electron chi connectivity index (χ4n) is 3.81. The molecule has 4 aromatic rings. The standard InChI is InChI=1S/C26H24Cl2N4O3S/c1-18-29-14-15-31(18)25-9-4-3-6-20(25)16-30-26(33)19-10-12-21(13-11-19)32(36(2,34)35)17-22-23(27)7-5-8-24(22)28/h3-15H,16-17H2,1-2H3,(H,30,33). The summed E-state index contributed by atoms with van der Waals surface area (Å²) in [5.74, 6) is 0.566. The van der Waals surface area contributed by atoms with Crippen molar-refractivity contribution in [3.63, 3.8) is 0 Å². The van der Waals surface area contributed by atoms with E-state index in [0.29, 0.717) is 33.4 Å². The molecule has 1 amide bonds. The van der Waals surface area contributed by atoms with Crippen LogP contribution in [0.15, 0.2) is 79.1 Å². The minimum absolute atomic E-state index is 0.0344. The number of aryl methyl sites for hydroxylation is 1. The Bertz CT molecular complexity index is 1480. The maximum Gasteiger partial charge on any atom is 0.251 e. The van der Waals surface area contributed by atoms with Crippen molar-refractivity contribution in [2.75, 3.05) is 10.6 Å². The lowest BCUT2D eigenvalue weighted by atomic mass is 10.1. The van der Waals surface area contributed by atoms with E-state index in [4.69, 9.17) is 23.2 Å². The first-order chi connectivity index (χ1) is 17.1. The van der Waals surface area contributed by atoms with Gasteiger partial charge in [0.15, 0.2) is 0 Å². The fraction of sp³-hybridized carbons (Fsp3) is 0.154. The molecule has 1 heterocycles. The molecule has 7 nitrogen and oxygen atoms in total. The van der Waals surface area contributed by atoms with Gasteiger partial charge in [-0.05, 0) is 55.0 Å². The van der Waals surface area contributed by atoms with Crippen molar-refractivity contribution in [2.24, 2.45) is 0 Å². The first-order valence-electron chi connectivity index (χ1n) is 11.0. The smallest absolute Gasteiger partial charge is 0.251 e. The van der Waals surface area contributed by atoms with Crippen LogP contribution in [0.2, 0.25) is 10.0 Å². The molecule has 1 aromatic heterocycles. The normalized spacial score (nSPS) is 11.3. The number of benzene rings is 3. The van der Waals surface area contributed by atoms with Crippen molar-refractivity contribution < 1.29 is 13.2 Å². The third kappa shape index (κ3) is 5.73. The number of hydrogen-bond donors (Lipinski definition) is 1. The molecule has 0 atom stereocenters. The number of para-hydroxylation sites is 1. The number of halogens is 2. The molecule has 186 valence electrons. The number of amides is 1. The number of nitrogens with zero attached hydrogens (tertiary/aromatic N) is 3. The van der Waals surface area contributed by atoms with E-state index in [-0.39, 0.29) is 12.5 Å². The van der Waals surface area contributed by atoms with Gasteiger partial charge in [0.1, 0.15) is 5.82 Å². The van der Waals surface area contributed by atoms with Gasteiger partial charge in [0.05, 0.1) is 24.2 Å². The van der Waals surface area contributed by atoms with E-state index in [9.17, 15) is 13.2 Å². The molecule has 0 aliphatic rings. The molecule has 10 heteroatoms. The van der Waals surface area contributed by atoms with E-state index in [0.717, 1.165) is 23.3 Å². The van der Waals surface area contributed by atoms with Crippen LogP contribution in [0, 0.1) is 6.92 Å². The summed E-state index contributed by atoms with van der Waals surface area (Å²) in [6, 6.07) is 19.1. The number of rotatable bonds is 8. The summed E-state index contributed by atoms with van der Waals surface area (Å²) < 4.78 is 28.2. The largest absolute Gasteiger partial charge is 0.348 e. The summed E-state index contributed by atoms with van der Waals surface area (Å²) in [5.41, 5.74) is 3.17. The van der Waals surface area contributed by atoms with Crippen LogP contribution >= 0.6 is 23.2 Å². The van der Waals surface area contributed by atoms with E-state index in [1.54, 1.807) is 48.7 Å². The highest BCUT2D eigenvalue weighted by molar-refractivity contribution is 7.92. The van der Waals surface area contributed by atoms with Crippen molar-refractivity contribution >= 4 is 44.8 Å². The Balaban J connectivity index is 1.51. The Hall–Kier alpha value is -3.33. The van der Waals surface area contributed by atoms with Crippen molar-refractivity contribution in [3.8, 4) is 5.69 Å². The topological polar surface area (TPSA) is 84.3 Å². The molecule has 0 saturated carbocycles. The number of aromatic nitrogens is 2. The first kappa shape index (κ1) is 25.8. The van der Waals surface area contributed by atoms with Gasteiger partial charge in [-0.2, -0.15) is 0 Å². The van der Waals surface area contributed by atoms with Crippen LogP contribution in [0.5, 0.6) is 0 Å². The summed E-state index contributed by atoms with van der Waals surface area (Å²) in [5, 5.41) is 3.68. The molecule has 1 N–H and O–H groups in total. The van der Waals surface area contributed by atoms with Gasteiger partial charge in [-0.15, -0.1) is 0 Å². The van der Waals surface area contributed by atoms with Crippen LogP contribution in [0.25, 0.3) is 5.69 Å². The molecule has 0 spiro atoms. The Kier molecular flexibility index (Phi) is 7.68. The van der Waals surface area contributed by atoms with Crippen LogP contribution in [-0.4, -0.2) is 30.1 Å². The SMILES string of the molecule is Cc1nccn1-c1ccccc1CNC(=O)c1ccc(N(Cc2c(Cl)cccc2Cl)S(C)(=O)=O)cc1. The van der Waals surface area contributed by atoms with Gasteiger partial charge in [0.25, 0.3) is 5.91 Å². The van der Waals surface area contributed by atoms with Gasteiger partial charge < -0.3 is 9.88 Å². The molecule has 0 bridgehead atoms. The molecule has 0 aliphatic heterocycles. The molecule has 0 fully saturated rings. The molecule has 0 aliphatic carbocycles. The summed E-state index contributed by atoms with van der Waals surface area (Å²) in [6.45, 7) is 2.19. The second-order valence-corrected chi connectivity index (χ2v) is 10.9. The molecule has 0 saturated heterocycles. The van der Waals surface area contributed by atoms with E-state index in [2.05, 4.69) is 10.3 Å². The Morgan fingerprint density at radius 3 is 2.28 bits per heavy atom. The van der Waals surface area contributed by atoms with Crippen molar-refractivity contribution in [1.82, 2.24) is 14.9 Å². The third-order valence-electron chi connectivity index (χ3n) is 5.70. The lowest BCUT2D eigenvalue weighted by Gasteiger charge is -2.23. The summed E-state index contributed by atoms with van der Waals surface area (Å²) in [6.07, 6.45) is 4.71. The third-order valence-corrected chi connectivity index (χ3v) is 7.55. The lowest BCUT2D eigenvalue weighted by molar-refractivity contribution is 0.0951. The quantitative estimate of drug-likeness (QED) is 0.323. The van der Waals surface area contributed by atoms with Crippen LogP contribution in [0.3, 0.4) is 0 Å². The zero-order chi connectivity index (χ0) is 25.9. The highest BCUT2D eigenvalue weighted by Crippen LogP contribution is 2.29. The van der Waals surface area contributed by atoms with Gasteiger partial charge in [0, 0.05) is 40.1 Å². The van der Waals surface area contributed by atoms with Gasteiger partial charge in [-0.25, -0.2) is 13.4 Å². The second kappa shape index (κ2) is 10.7. The number of hydrogen-bond acceptors (Lipinski definition) is 4. The number of carbonyl (C=O) groups is 1. The molecule has 4 rings (SSSR count). The van der Waals surface area contributed by atoms with Crippen LogP contribution in [0.4, 0.5) is 5.69 Å². The number of carbonyl (C=O) groups excluding carboxylic acids is 1. The van der Waals surface area contributed by atoms with Crippen LogP contribution in [0.1, 0.15) is 27.3 Å². The summed E-state index contributed by atoms with van der Waals surface area (Å²) >= 11 is 12.5. The highest BCUT2D eigenvalue weighted by atomic mass is 35.5. The van der Waals surface area contributed by atoms with E-state index < -0.39 is 10.0 Å².